The first-order valence-corrected chi connectivity index (χ1v) is 12.1. The minimum atomic E-state index is 0.0864. The molecule has 0 radical (unpaired) electrons. The Kier molecular flexibility index (Phi) is 4.52. The topological polar surface area (TPSA) is 47.7 Å². The molecular formula is C25H36N2O3+2. The molecule has 3 heterocycles. The van der Waals surface area contributed by atoms with Gasteiger partial charge in [0.15, 0.2) is 0 Å². The van der Waals surface area contributed by atoms with Crippen molar-refractivity contribution in [3.8, 4) is 0 Å². The molecule has 0 bridgehead atoms. The summed E-state index contributed by atoms with van der Waals surface area (Å²) < 4.78 is 12.1. The minimum absolute atomic E-state index is 0.0864. The van der Waals surface area contributed by atoms with Crippen molar-refractivity contribution in [3.05, 3.63) is 30.3 Å². The van der Waals surface area contributed by atoms with E-state index in [0.717, 1.165) is 52.2 Å². The molecule has 2 aliphatic carbocycles. The van der Waals surface area contributed by atoms with Crippen LogP contribution < -0.4 is 9.80 Å². The zero-order valence-corrected chi connectivity index (χ0v) is 18.2. The van der Waals surface area contributed by atoms with Crippen LogP contribution in [0.3, 0.4) is 0 Å². The summed E-state index contributed by atoms with van der Waals surface area (Å²) in [6.07, 6.45) is 6.08. The number of rotatable bonds is 3. The smallest absolute Gasteiger partial charge is 0.315 e. The lowest BCUT2D eigenvalue weighted by molar-refractivity contribution is -0.987. The van der Waals surface area contributed by atoms with E-state index in [1.165, 1.54) is 24.9 Å². The number of benzene rings is 1. The third-order valence-corrected chi connectivity index (χ3v) is 9.33. The van der Waals surface area contributed by atoms with Gasteiger partial charge in [0, 0.05) is 5.92 Å². The van der Waals surface area contributed by atoms with Gasteiger partial charge in [-0.15, -0.1) is 0 Å². The number of fused-ring (bicyclic) bond motifs is 3. The Morgan fingerprint density at radius 3 is 2.60 bits per heavy atom. The molecule has 1 aromatic carbocycles. The molecule has 0 aromatic heterocycles. The molecule has 0 unspecified atom stereocenters. The van der Waals surface area contributed by atoms with Gasteiger partial charge in [0.25, 0.3) is 0 Å². The number of carbonyl (C=O) groups is 1. The van der Waals surface area contributed by atoms with Gasteiger partial charge in [0.2, 0.25) is 0 Å². The molecule has 0 amide bonds. The van der Waals surface area contributed by atoms with Crippen molar-refractivity contribution in [2.24, 2.45) is 23.2 Å². The van der Waals surface area contributed by atoms with Crippen LogP contribution in [0.25, 0.3) is 0 Å². The third kappa shape index (κ3) is 3.12. The van der Waals surface area contributed by atoms with Gasteiger partial charge in [-0.2, -0.15) is 0 Å². The lowest BCUT2D eigenvalue weighted by Crippen LogP contribution is -3.26. The number of hydrogen-bond acceptors (Lipinski definition) is 3. The number of piperazine rings is 1. The van der Waals surface area contributed by atoms with Gasteiger partial charge in [-0.1, -0.05) is 25.1 Å². The number of carbonyl (C=O) groups excluding carboxylic acids is 1. The Hall–Kier alpha value is -1.43. The van der Waals surface area contributed by atoms with Crippen molar-refractivity contribution in [2.45, 2.75) is 50.7 Å². The van der Waals surface area contributed by atoms with Gasteiger partial charge in [-0.25, -0.2) is 0 Å². The number of esters is 1. The largest absolute Gasteiger partial charge is 0.462 e. The highest BCUT2D eigenvalue weighted by Crippen LogP contribution is 2.62. The number of ether oxygens (including phenoxy) is 2. The number of epoxide rings is 1. The predicted octanol–water partition coefficient (Wildman–Crippen LogP) is 0.629. The maximum absolute atomic E-state index is 12.9. The van der Waals surface area contributed by atoms with Crippen LogP contribution in [-0.4, -0.2) is 57.0 Å². The second-order valence-electron chi connectivity index (χ2n) is 11.0. The SMILES string of the molecule is C[C@]12CCC[C@]3(CO3)[C@@H]1C[C@H]1[C@@H](C2)OC(=O)[C@@H]1C[NH+]1CC[NH+](c2ccccc2)CC1. The van der Waals surface area contributed by atoms with Crippen LogP contribution in [0.4, 0.5) is 5.69 Å². The van der Waals surface area contributed by atoms with Gasteiger partial charge in [0.05, 0.1) is 18.8 Å². The summed E-state index contributed by atoms with van der Waals surface area (Å²) in [4.78, 5) is 16.1. The average molecular weight is 413 g/mol. The van der Waals surface area contributed by atoms with Crippen molar-refractivity contribution in [3.63, 3.8) is 0 Å². The highest BCUT2D eigenvalue weighted by Gasteiger charge is 2.65. The van der Waals surface area contributed by atoms with E-state index in [-0.39, 0.29) is 23.6 Å². The Morgan fingerprint density at radius 1 is 1.10 bits per heavy atom. The summed E-state index contributed by atoms with van der Waals surface area (Å²) in [7, 11) is 0. The van der Waals surface area contributed by atoms with Gasteiger partial charge < -0.3 is 14.4 Å². The van der Waals surface area contributed by atoms with Crippen LogP contribution in [0.5, 0.6) is 0 Å². The Bertz CT molecular complexity index is 802. The quantitative estimate of drug-likeness (QED) is 0.566. The number of para-hydroxylation sites is 1. The summed E-state index contributed by atoms with van der Waals surface area (Å²) in [5.41, 5.74) is 1.84. The molecule has 30 heavy (non-hydrogen) atoms. The van der Waals surface area contributed by atoms with E-state index in [2.05, 4.69) is 37.3 Å². The molecule has 6 rings (SSSR count). The Labute approximate surface area is 179 Å². The number of hydrogen-bond donors (Lipinski definition) is 2. The van der Waals surface area contributed by atoms with Gasteiger partial charge in [-0.05, 0) is 55.6 Å². The molecule has 1 aromatic rings. The van der Waals surface area contributed by atoms with Gasteiger partial charge >= 0.3 is 5.97 Å². The summed E-state index contributed by atoms with van der Waals surface area (Å²) in [5.74, 6) is 1.20. The van der Waals surface area contributed by atoms with E-state index in [1.54, 1.807) is 9.80 Å². The Balaban J connectivity index is 1.12. The fourth-order valence-electron chi connectivity index (χ4n) is 7.57. The van der Waals surface area contributed by atoms with Crippen molar-refractivity contribution >= 4 is 11.7 Å². The molecule has 5 fully saturated rings. The van der Waals surface area contributed by atoms with Crippen LogP contribution in [0.2, 0.25) is 0 Å². The van der Waals surface area contributed by atoms with Crippen LogP contribution in [0.15, 0.2) is 30.3 Å². The molecular weight excluding hydrogens is 376 g/mol. The highest BCUT2D eigenvalue weighted by molar-refractivity contribution is 5.75. The summed E-state index contributed by atoms with van der Waals surface area (Å²) >= 11 is 0. The van der Waals surface area contributed by atoms with E-state index in [0.29, 0.717) is 17.3 Å². The number of nitrogens with one attached hydrogen (secondary N) is 2. The molecule has 5 nitrogen and oxygen atoms in total. The van der Waals surface area contributed by atoms with E-state index in [4.69, 9.17) is 9.47 Å². The third-order valence-electron chi connectivity index (χ3n) is 9.33. The minimum Gasteiger partial charge on any atom is -0.462 e. The number of quaternary nitrogens is 2. The maximum atomic E-state index is 12.9. The standard InChI is InChI=1S/C25H34N2O3/c1-24-8-5-9-25(17-29-25)22(24)14-19-20(23(28)30-21(19)15-24)16-26-10-12-27(13-11-26)18-6-3-2-4-7-18/h2-4,6-7,19-22H,5,8-17H2,1H3/p+2/t19-,20-,21-,22-,24-,25+/m1/s1. The zero-order valence-electron chi connectivity index (χ0n) is 18.2. The zero-order chi connectivity index (χ0) is 20.3. The van der Waals surface area contributed by atoms with Crippen molar-refractivity contribution in [2.75, 3.05) is 39.3 Å². The van der Waals surface area contributed by atoms with E-state index >= 15 is 0 Å². The van der Waals surface area contributed by atoms with Crippen molar-refractivity contribution < 1.29 is 24.1 Å². The summed E-state index contributed by atoms with van der Waals surface area (Å²) in [5, 5.41) is 0. The monoisotopic (exact) mass is 412 g/mol. The second-order valence-corrected chi connectivity index (χ2v) is 11.0. The van der Waals surface area contributed by atoms with Gasteiger partial charge in [0.1, 0.15) is 43.9 Å². The fraction of sp³-hybridized carbons (Fsp3) is 0.720. The lowest BCUT2D eigenvalue weighted by Gasteiger charge is -2.51. The normalized spacial score (nSPS) is 47.4. The van der Waals surface area contributed by atoms with Crippen LogP contribution in [-0.2, 0) is 14.3 Å². The summed E-state index contributed by atoms with van der Waals surface area (Å²) in [6.45, 7) is 8.91. The first-order valence-electron chi connectivity index (χ1n) is 12.1. The first kappa shape index (κ1) is 19.3. The van der Waals surface area contributed by atoms with Crippen molar-refractivity contribution in [1.29, 1.82) is 0 Å². The average Bonchev–Trinajstić information content (AvgIpc) is 3.46. The molecule has 2 saturated carbocycles. The molecule has 3 aliphatic heterocycles. The molecule has 1 spiro atoms. The van der Waals surface area contributed by atoms with Gasteiger partial charge in [-0.3, -0.25) is 9.69 Å². The molecule has 5 heteroatoms. The summed E-state index contributed by atoms with van der Waals surface area (Å²) in [6, 6.07) is 10.8. The first-order chi connectivity index (χ1) is 14.6. The molecule has 162 valence electrons. The molecule has 5 aliphatic rings. The second kappa shape index (κ2) is 7.04. The van der Waals surface area contributed by atoms with E-state index in [1.807, 2.05) is 0 Å². The van der Waals surface area contributed by atoms with Crippen LogP contribution in [0.1, 0.15) is 39.0 Å². The molecule has 6 atom stereocenters. The van der Waals surface area contributed by atoms with E-state index < -0.39 is 0 Å². The van der Waals surface area contributed by atoms with Crippen molar-refractivity contribution in [1.82, 2.24) is 0 Å². The highest BCUT2D eigenvalue weighted by atomic mass is 16.6. The van der Waals surface area contributed by atoms with Crippen LogP contribution >= 0.6 is 0 Å². The molecule has 3 saturated heterocycles. The van der Waals surface area contributed by atoms with E-state index in [9.17, 15) is 4.79 Å². The lowest BCUT2D eigenvalue weighted by atomic mass is 9.53. The molecule has 2 N–H and O–H groups in total. The van der Waals surface area contributed by atoms with Crippen LogP contribution in [0, 0.1) is 23.2 Å². The predicted molar refractivity (Wildman–Crippen MR) is 113 cm³/mol. The Morgan fingerprint density at radius 2 is 1.87 bits per heavy atom. The fourth-order valence-corrected chi connectivity index (χ4v) is 7.57. The maximum Gasteiger partial charge on any atom is 0.315 e.